The Hall–Kier alpha value is -6.48. The van der Waals surface area contributed by atoms with E-state index >= 15 is 0 Å². The highest BCUT2D eigenvalue weighted by Gasteiger charge is 2.40. The number of carbonyl (C=O) groups excluding carboxylic acids is 9. The molecule has 1 aliphatic rings. The van der Waals surface area contributed by atoms with E-state index < -0.39 is 151 Å². The molecule has 27 nitrogen and oxygen atoms in total. The van der Waals surface area contributed by atoms with Crippen LogP contribution in [0.25, 0.3) is 0 Å². The summed E-state index contributed by atoms with van der Waals surface area (Å²) in [6.07, 6.45) is -0.983. The van der Waals surface area contributed by atoms with Crippen LogP contribution in [0.4, 0.5) is 0 Å². The van der Waals surface area contributed by atoms with Crippen LogP contribution in [0.5, 0.6) is 0 Å². The molecular weight excluding hydrogens is 866 g/mol. The highest BCUT2D eigenvalue weighted by molar-refractivity contribution is 5.99. The maximum Gasteiger partial charge on any atom is 0.325 e. The van der Waals surface area contributed by atoms with Crippen molar-refractivity contribution in [3.8, 4) is 0 Å². The molecule has 65 heavy (non-hydrogen) atoms. The Morgan fingerprint density at radius 2 is 1.17 bits per heavy atom. The van der Waals surface area contributed by atoms with Crippen LogP contribution in [0.15, 0.2) is 0 Å². The number of aliphatic hydroxyl groups is 1. The van der Waals surface area contributed by atoms with Gasteiger partial charge in [-0.3, -0.25) is 57.5 Å². The summed E-state index contributed by atoms with van der Waals surface area (Å²) in [5.74, 6) is -12.2. The first-order valence-corrected chi connectivity index (χ1v) is 20.5. The molecule has 1 saturated heterocycles. The SMILES string of the molecule is CC(C)C(N)C(=O)O.CC(C)CC(NC(=O)C(C)NC(=O)C(CC(N)=O)NC(=O)CNC(=O)C(CC(=O)O)NC(=O)C(C)N)C(=O)N1CCCC1C(=O)NC(CO)C(=O)NC(C)C(=O)O. The van der Waals surface area contributed by atoms with Gasteiger partial charge in [-0.2, -0.15) is 0 Å². The lowest BCUT2D eigenvalue weighted by atomic mass is 10.0. The van der Waals surface area contributed by atoms with Gasteiger partial charge in [0.1, 0.15) is 48.3 Å². The molecule has 1 heterocycles. The first-order chi connectivity index (χ1) is 30.0. The number of amides is 9. The van der Waals surface area contributed by atoms with E-state index in [1.807, 2.05) is 0 Å². The number of primary amides is 1. The van der Waals surface area contributed by atoms with Gasteiger partial charge in [0.2, 0.25) is 53.2 Å². The largest absolute Gasteiger partial charge is 0.481 e. The molecule has 0 aliphatic carbocycles. The summed E-state index contributed by atoms with van der Waals surface area (Å²) in [5, 5.41) is 51.8. The molecule has 9 unspecified atom stereocenters. The highest BCUT2D eigenvalue weighted by atomic mass is 16.4. The van der Waals surface area contributed by atoms with Crippen molar-refractivity contribution in [2.24, 2.45) is 29.0 Å². The van der Waals surface area contributed by atoms with Gasteiger partial charge in [-0.05, 0) is 51.9 Å². The Balaban J connectivity index is 0.00000464. The Kier molecular flexibility index (Phi) is 25.5. The normalized spacial score (nSPS) is 16.9. The maximum absolute atomic E-state index is 13.8. The molecule has 1 fully saturated rings. The number of carboxylic acids is 3. The van der Waals surface area contributed by atoms with Crippen LogP contribution < -0.4 is 54.4 Å². The number of nitrogens with one attached hydrogen (secondary N) is 7. The number of likely N-dealkylation sites (tertiary alicyclic amines) is 1. The quantitative estimate of drug-likeness (QED) is 0.0405. The molecule has 368 valence electrons. The molecule has 1 rings (SSSR count). The van der Waals surface area contributed by atoms with Crippen molar-refractivity contribution in [2.75, 3.05) is 19.7 Å². The maximum atomic E-state index is 13.8. The van der Waals surface area contributed by atoms with E-state index in [0.29, 0.717) is 6.42 Å². The standard InChI is InChI=1S/C33H54N10O14.C5H11NO2/c1-14(2)9-20(32(55)43-8-6-7-22(43)31(54)42-21(13-44)30(53)38-17(5)33(56)57)41-27(50)16(4)37-29(52)18(10-23(35)45)39-24(46)12-36-28(51)19(11-25(47)48)40-26(49)15(3)34;1-3(2)4(6)5(7)8/h14-22,44H,6-13,34H2,1-5H3,(H2,35,45)(H,36,51)(H,37,52)(H,38,53)(H,39,46)(H,40,49)(H,41,50)(H,42,54)(H,47,48)(H,56,57);3-4H,6H2,1-2H3,(H,7,8). The summed E-state index contributed by atoms with van der Waals surface area (Å²) in [6, 6.07) is -11.6. The summed E-state index contributed by atoms with van der Waals surface area (Å²) in [7, 11) is 0. The van der Waals surface area contributed by atoms with E-state index in [9.17, 15) is 62.6 Å². The first kappa shape index (κ1) is 58.5. The number of hydrogen-bond donors (Lipinski definition) is 14. The number of hydrogen-bond acceptors (Lipinski definition) is 15. The van der Waals surface area contributed by atoms with Crippen LogP contribution in [0.3, 0.4) is 0 Å². The molecule has 9 amide bonds. The summed E-state index contributed by atoms with van der Waals surface area (Å²) >= 11 is 0. The van der Waals surface area contributed by atoms with Crippen molar-refractivity contribution in [3.05, 3.63) is 0 Å². The Bertz CT molecular complexity index is 1740. The lowest BCUT2D eigenvalue weighted by Gasteiger charge is -2.31. The fourth-order valence-electron chi connectivity index (χ4n) is 5.63. The van der Waals surface area contributed by atoms with Gasteiger partial charge in [0.15, 0.2) is 0 Å². The minimum atomic E-state index is -1.66. The van der Waals surface area contributed by atoms with E-state index in [2.05, 4.69) is 37.2 Å². The zero-order valence-electron chi connectivity index (χ0n) is 37.4. The number of carbonyl (C=O) groups is 12. The summed E-state index contributed by atoms with van der Waals surface area (Å²) < 4.78 is 0. The molecule has 9 atom stereocenters. The monoisotopic (exact) mass is 931 g/mol. The van der Waals surface area contributed by atoms with Gasteiger partial charge >= 0.3 is 17.9 Å². The third kappa shape index (κ3) is 21.6. The Morgan fingerprint density at radius 1 is 0.631 bits per heavy atom. The van der Waals surface area contributed by atoms with Gasteiger partial charge < -0.3 is 79.7 Å². The lowest BCUT2D eigenvalue weighted by molar-refractivity contribution is -0.144. The second-order valence-electron chi connectivity index (χ2n) is 16.0. The van der Waals surface area contributed by atoms with Gasteiger partial charge in [-0.1, -0.05) is 27.7 Å². The number of aliphatic carboxylic acids is 3. The van der Waals surface area contributed by atoms with Crippen LogP contribution in [0.2, 0.25) is 0 Å². The predicted molar refractivity (Wildman–Crippen MR) is 225 cm³/mol. The van der Waals surface area contributed by atoms with Crippen LogP contribution in [-0.2, 0) is 57.5 Å². The van der Waals surface area contributed by atoms with Crippen LogP contribution in [0, 0.1) is 11.8 Å². The van der Waals surface area contributed by atoms with Gasteiger partial charge in [0.05, 0.1) is 32.0 Å². The number of aliphatic hydroxyl groups excluding tert-OH is 1. The molecule has 1 aliphatic heterocycles. The second kappa shape index (κ2) is 28.3. The fourth-order valence-corrected chi connectivity index (χ4v) is 5.63. The lowest BCUT2D eigenvalue weighted by Crippen LogP contribution is -2.59. The number of rotatable bonds is 25. The van der Waals surface area contributed by atoms with Crippen molar-refractivity contribution in [1.82, 2.24) is 42.1 Å². The molecule has 0 bridgehead atoms. The van der Waals surface area contributed by atoms with E-state index in [0.717, 1.165) is 0 Å². The van der Waals surface area contributed by atoms with E-state index in [1.165, 1.54) is 25.7 Å². The Labute approximate surface area is 374 Å². The van der Waals surface area contributed by atoms with Crippen molar-refractivity contribution in [2.45, 2.75) is 135 Å². The van der Waals surface area contributed by atoms with Crippen molar-refractivity contribution in [1.29, 1.82) is 0 Å². The number of carboxylic acid groups (broad SMARTS) is 3. The van der Waals surface area contributed by atoms with Gasteiger partial charge in [-0.25, -0.2) is 0 Å². The molecule has 0 radical (unpaired) electrons. The number of nitrogens with zero attached hydrogens (tertiary/aromatic N) is 1. The molecule has 27 heteroatoms. The van der Waals surface area contributed by atoms with Crippen LogP contribution in [-0.4, -0.2) is 170 Å². The van der Waals surface area contributed by atoms with Crippen molar-refractivity contribution in [3.63, 3.8) is 0 Å². The fraction of sp³-hybridized carbons (Fsp3) is 0.684. The average molecular weight is 932 g/mol. The molecule has 17 N–H and O–H groups in total. The molecule has 0 aromatic rings. The second-order valence-corrected chi connectivity index (χ2v) is 16.0. The highest BCUT2D eigenvalue weighted by Crippen LogP contribution is 2.21. The molecule has 0 spiro atoms. The van der Waals surface area contributed by atoms with Crippen LogP contribution in [0.1, 0.15) is 80.6 Å². The summed E-state index contributed by atoms with van der Waals surface area (Å²) in [6.45, 7) is 9.18. The van der Waals surface area contributed by atoms with Gasteiger partial charge in [0.25, 0.3) is 0 Å². The van der Waals surface area contributed by atoms with Gasteiger partial charge in [0, 0.05) is 6.54 Å². The molecule has 0 aromatic heterocycles. The van der Waals surface area contributed by atoms with E-state index in [4.69, 9.17) is 32.5 Å². The number of nitrogens with two attached hydrogens (primary N) is 3. The molecular formula is C38H65N11O16. The van der Waals surface area contributed by atoms with E-state index in [-0.39, 0.29) is 31.2 Å². The molecule has 0 saturated carbocycles. The third-order valence-electron chi connectivity index (χ3n) is 9.37. The van der Waals surface area contributed by atoms with E-state index in [1.54, 1.807) is 27.7 Å². The third-order valence-corrected chi connectivity index (χ3v) is 9.37. The zero-order chi connectivity index (χ0) is 50.5. The Morgan fingerprint density at radius 3 is 1.63 bits per heavy atom. The average Bonchev–Trinajstić information content (AvgIpc) is 3.70. The van der Waals surface area contributed by atoms with Crippen molar-refractivity contribution < 1.29 is 78.0 Å². The van der Waals surface area contributed by atoms with Crippen LogP contribution >= 0.6 is 0 Å². The predicted octanol–water partition coefficient (Wildman–Crippen LogP) is -6.08. The minimum absolute atomic E-state index is 0.0208. The van der Waals surface area contributed by atoms with Gasteiger partial charge in [-0.15, -0.1) is 0 Å². The smallest absolute Gasteiger partial charge is 0.325 e. The molecule has 0 aromatic carbocycles. The minimum Gasteiger partial charge on any atom is -0.481 e. The summed E-state index contributed by atoms with van der Waals surface area (Å²) in [4.78, 5) is 148. The topological polar surface area (TPSA) is 451 Å². The summed E-state index contributed by atoms with van der Waals surface area (Å²) in [5.41, 5.74) is 15.8. The zero-order valence-corrected chi connectivity index (χ0v) is 37.4. The van der Waals surface area contributed by atoms with Crippen molar-refractivity contribution >= 4 is 71.1 Å². The first-order valence-electron chi connectivity index (χ1n) is 20.5.